The summed E-state index contributed by atoms with van der Waals surface area (Å²) < 4.78 is 10.9. The molecule has 20 heavy (non-hydrogen) atoms. The van der Waals surface area contributed by atoms with Crippen LogP contribution < -0.4 is 0 Å². The Balaban J connectivity index is 2.21. The molecule has 1 rings (SSSR count). The molecule has 6 heteroatoms. The van der Waals surface area contributed by atoms with Crippen molar-refractivity contribution < 1.29 is 24.8 Å². The van der Waals surface area contributed by atoms with E-state index < -0.39 is 29.9 Å². The van der Waals surface area contributed by atoms with Crippen LogP contribution in [-0.4, -0.2) is 58.4 Å². The highest BCUT2D eigenvalue weighted by Gasteiger charge is 2.43. The van der Waals surface area contributed by atoms with Crippen molar-refractivity contribution in [1.29, 1.82) is 0 Å². The van der Waals surface area contributed by atoms with Crippen LogP contribution in [0.3, 0.4) is 0 Å². The molecule has 0 aliphatic carbocycles. The lowest BCUT2D eigenvalue weighted by Crippen LogP contribution is -2.57. The zero-order chi connectivity index (χ0) is 15.0. The number of rotatable bonds is 9. The fourth-order valence-electron chi connectivity index (χ4n) is 2.29. The van der Waals surface area contributed by atoms with E-state index in [0.29, 0.717) is 6.61 Å². The van der Waals surface area contributed by atoms with Crippen LogP contribution in [0.15, 0.2) is 0 Å². The van der Waals surface area contributed by atoms with Gasteiger partial charge >= 0.3 is 0 Å². The third kappa shape index (κ3) is 5.50. The molecule has 0 spiro atoms. The summed E-state index contributed by atoms with van der Waals surface area (Å²) in [6.07, 6.45) is 3.22. The first-order valence-electron chi connectivity index (χ1n) is 7.54. The Labute approximate surface area is 126 Å². The van der Waals surface area contributed by atoms with Crippen LogP contribution >= 0.6 is 12.6 Å². The van der Waals surface area contributed by atoms with Crippen molar-refractivity contribution in [3.63, 3.8) is 0 Å². The molecular formula is C14H28O5S. The van der Waals surface area contributed by atoms with Crippen molar-refractivity contribution in [2.45, 2.75) is 75.3 Å². The van der Waals surface area contributed by atoms with E-state index in [2.05, 4.69) is 19.6 Å². The molecule has 0 amide bonds. The van der Waals surface area contributed by atoms with Gasteiger partial charge in [-0.2, -0.15) is 12.6 Å². The van der Waals surface area contributed by atoms with Crippen LogP contribution in [0.4, 0.5) is 0 Å². The Kier molecular flexibility index (Phi) is 9.08. The van der Waals surface area contributed by atoms with Gasteiger partial charge in [-0.25, -0.2) is 0 Å². The fourth-order valence-corrected chi connectivity index (χ4v) is 2.63. The second-order valence-corrected chi connectivity index (χ2v) is 5.93. The molecular weight excluding hydrogens is 280 g/mol. The maximum atomic E-state index is 9.86. The van der Waals surface area contributed by atoms with Gasteiger partial charge in [0.25, 0.3) is 0 Å². The topological polar surface area (TPSA) is 79.2 Å². The van der Waals surface area contributed by atoms with Gasteiger partial charge in [-0.1, -0.05) is 39.0 Å². The van der Waals surface area contributed by atoms with E-state index in [4.69, 9.17) is 14.6 Å². The van der Waals surface area contributed by atoms with Gasteiger partial charge in [-0.15, -0.1) is 0 Å². The van der Waals surface area contributed by atoms with Crippen molar-refractivity contribution in [3.05, 3.63) is 0 Å². The van der Waals surface area contributed by atoms with E-state index in [9.17, 15) is 10.2 Å². The van der Waals surface area contributed by atoms with Crippen molar-refractivity contribution in [2.24, 2.45) is 0 Å². The molecule has 0 bridgehead atoms. The van der Waals surface area contributed by atoms with Gasteiger partial charge in [0.05, 0.1) is 24.1 Å². The molecule has 3 N–H and O–H groups in total. The summed E-state index contributed by atoms with van der Waals surface area (Å²) in [6.45, 7) is 2.41. The van der Waals surface area contributed by atoms with Crippen LogP contribution in [0.1, 0.15) is 45.4 Å². The monoisotopic (exact) mass is 308 g/mol. The Bertz CT molecular complexity index is 252. The molecule has 1 fully saturated rings. The van der Waals surface area contributed by atoms with Gasteiger partial charge in [-0.05, 0) is 6.42 Å². The minimum Gasteiger partial charge on any atom is -0.394 e. The van der Waals surface area contributed by atoms with Crippen LogP contribution in [0.5, 0.6) is 0 Å². The predicted molar refractivity (Wildman–Crippen MR) is 79.9 cm³/mol. The summed E-state index contributed by atoms with van der Waals surface area (Å²) in [5.74, 6) is 0. The van der Waals surface area contributed by atoms with Gasteiger partial charge in [0.2, 0.25) is 0 Å². The summed E-state index contributed by atoms with van der Waals surface area (Å²) in [4.78, 5) is 0. The zero-order valence-electron chi connectivity index (χ0n) is 12.1. The number of hydrogen-bond acceptors (Lipinski definition) is 6. The van der Waals surface area contributed by atoms with E-state index in [1.165, 1.54) is 25.7 Å². The third-order valence-corrected chi connectivity index (χ3v) is 4.27. The molecule has 5 atom stereocenters. The summed E-state index contributed by atoms with van der Waals surface area (Å²) in [7, 11) is 0. The normalized spacial score (nSPS) is 34.4. The Morgan fingerprint density at radius 3 is 2.35 bits per heavy atom. The van der Waals surface area contributed by atoms with E-state index in [1.54, 1.807) is 0 Å². The van der Waals surface area contributed by atoms with Crippen LogP contribution in [0.2, 0.25) is 0 Å². The highest BCUT2D eigenvalue weighted by Crippen LogP contribution is 2.25. The third-order valence-electron chi connectivity index (χ3n) is 3.63. The minimum atomic E-state index is -1.12. The van der Waals surface area contributed by atoms with Gasteiger partial charge in [0, 0.05) is 6.61 Å². The molecule has 120 valence electrons. The minimum absolute atomic E-state index is 0.255. The van der Waals surface area contributed by atoms with E-state index >= 15 is 0 Å². The van der Waals surface area contributed by atoms with Crippen LogP contribution in [-0.2, 0) is 9.47 Å². The van der Waals surface area contributed by atoms with E-state index in [-0.39, 0.29) is 6.61 Å². The van der Waals surface area contributed by atoms with Crippen molar-refractivity contribution in [3.8, 4) is 0 Å². The van der Waals surface area contributed by atoms with Gasteiger partial charge in [0.1, 0.15) is 6.10 Å². The van der Waals surface area contributed by atoms with Crippen molar-refractivity contribution >= 4 is 12.6 Å². The standard InChI is InChI=1S/C14H28O5S/c1-2-3-4-5-6-7-8-18-14-12(17)11(16)13(20)10(9-15)19-14/h10-17,20H,2-9H2,1H3/t10-,11-,12-,13+,14+/m1/s1. The Hall–Kier alpha value is 0.150. The maximum Gasteiger partial charge on any atom is 0.186 e. The predicted octanol–water partition coefficient (Wildman–Crippen LogP) is 1.10. The molecule has 0 aromatic carbocycles. The highest BCUT2D eigenvalue weighted by molar-refractivity contribution is 7.81. The molecule has 5 nitrogen and oxygen atoms in total. The maximum absolute atomic E-state index is 9.86. The molecule has 0 aromatic heterocycles. The number of unbranched alkanes of at least 4 members (excludes halogenated alkanes) is 5. The fraction of sp³-hybridized carbons (Fsp3) is 1.00. The van der Waals surface area contributed by atoms with E-state index in [0.717, 1.165) is 12.8 Å². The largest absolute Gasteiger partial charge is 0.394 e. The van der Waals surface area contributed by atoms with Gasteiger partial charge in [0.15, 0.2) is 6.29 Å². The molecule has 1 heterocycles. The molecule has 0 saturated carbocycles. The first kappa shape index (κ1) is 18.2. The summed E-state index contributed by atoms with van der Waals surface area (Å²) in [6, 6.07) is 0. The lowest BCUT2D eigenvalue weighted by molar-refractivity contribution is -0.268. The molecule has 1 aliphatic rings. The number of hydrogen-bond donors (Lipinski definition) is 4. The zero-order valence-corrected chi connectivity index (χ0v) is 13.0. The Morgan fingerprint density at radius 1 is 1.05 bits per heavy atom. The number of aliphatic hydroxyl groups excluding tert-OH is 3. The SMILES string of the molecule is CCCCCCCCO[C@H]1O[C@H](CO)[C@H](S)[C@H](O)[C@H]1O. The molecule has 0 radical (unpaired) electrons. The average molecular weight is 308 g/mol. The van der Waals surface area contributed by atoms with Crippen LogP contribution in [0, 0.1) is 0 Å². The van der Waals surface area contributed by atoms with Gasteiger partial charge in [-0.3, -0.25) is 0 Å². The lowest BCUT2D eigenvalue weighted by atomic mass is 10.0. The molecule has 1 saturated heterocycles. The van der Waals surface area contributed by atoms with Crippen LogP contribution in [0.25, 0.3) is 0 Å². The summed E-state index contributed by atoms with van der Waals surface area (Å²) >= 11 is 4.14. The lowest BCUT2D eigenvalue weighted by Gasteiger charge is -2.40. The number of thiol groups is 1. The molecule has 0 unspecified atom stereocenters. The summed E-state index contributed by atoms with van der Waals surface area (Å²) in [5, 5.41) is 28.2. The van der Waals surface area contributed by atoms with Gasteiger partial charge < -0.3 is 24.8 Å². The second kappa shape index (κ2) is 9.97. The van der Waals surface area contributed by atoms with Crippen molar-refractivity contribution in [2.75, 3.05) is 13.2 Å². The quantitative estimate of drug-likeness (QED) is 0.379. The first-order chi connectivity index (χ1) is 9.61. The van der Waals surface area contributed by atoms with Crippen molar-refractivity contribution in [1.82, 2.24) is 0 Å². The smallest absolute Gasteiger partial charge is 0.186 e. The first-order valence-corrected chi connectivity index (χ1v) is 8.05. The van der Waals surface area contributed by atoms with E-state index in [1.807, 2.05) is 0 Å². The summed E-state index contributed by atoms with van der Waals surface area (Å²) in [5.41, 5.74) is 0. The Morgan fingerprint density at radius 2 is 1.70 bits per heavy atom. The molecule has 0 aromatic rings. The number of ether oxygens (including phenoxy) is 2. The second-order valence-electron chi connectivity index (χ2n) is 5.34. The number of aliphatic hydroxyl groups is 3. The highest BCUT2D eigenvalue weighted by atomic mass is 32.1. The average Bonchev–Trinajstić information content (AvgIpc) is 2.46. The molecule has 1 aliphatic heterocycles.